The number of benzene rings is 1. The SMILES string of the molecule is C[C@H](N[C@@H]1CCCC[C@@H]1C)C(=O)Nc1cccc(S(=O)(=O)N(C)C)c1. The Hall–Kier alpha value is -1.44. The predicted octanol–water partition coefficient (Wildman–Crippen LogP) is 2.43. The summed E-state index contributed by atoms with van der Waals surface area (Å²) in [6.45, 7) is 4.06. The molecule has 0 radical (unpaired) electrons. The Balaban J connectivity index is 2.02. The smallest absolute Gasteiger partial charge is 0.242 e. The first kappa shape index (κ1) is 19.9. The van der Waals surface area contributed by atoms with Gasteiger partial charge in [0, 0.05) is 25.8 Å². The minimum atomic E-state index is -3.52. The van der Waals surface area contributed by atoms with E-state index >= 15 is 0 Å². The summed E-state index contributed by atoms with van der Waals surface area (Å²) in [7, 11) is -0.551. The van der Waals surface area contributed by atoms with E-state index in [-0.39, 0.29) is 16.8 Å². The highest BCUT2D eigenvalue weighted by molar-refractivity contribution is 7.89. The normalized spacial score (nSPS) is 22.6. The summed E-state index contributed by atoms with van der Waals surface area (Å²) >= 11 is 0. The maximum Gasteiger partial charge on any atom is 0.242 e. The van der Waals surface area contributed by atoms with Crippen LogP contribution in [0.25, 0.3) is 0 Å². The van der Waals surface area contributed by atoms with Crippen molar-refractivity contribution < 1.29 is 13.2 Å². The number of carbonyl (C=O) groups is 1. The van der Waals surface area contributed by atoms with Gasteiger partial charge >= 0.3 is 0 Å². The molecule has 1 aliphatic rings. The van der Waals surface area contributed by atoms with E-state index < -0.39 is 10.0 Å². The van der Waals surface area contributed by atoms with Crippen molar-refractivity contribution in [3.8, 4) is 0 Å². The molecule has 0 saturated heterocycles. The third kappa shape index (κ3) is 5.03. The first-order chi connectivity index (χ1) is 11.7. The van der Waals surface area contributed by atoms with Crippen LogP contribution in [0.1, 0.15) is 39.5 Å². The summed E-state index contributed by atoms with van der Waals surface area (Å²) in [6, 6.07) is 6.37. The molecule has 0 aliphatic heterocycles. The summed E-state index contributed by atoms with van der Waals surface area (Å²) in [6.07, 6.45) is 4.74. The maximum absolute atomic E-state index is 12.5. The fraction of sp³-hybridized carbons (Fsp3) is 0.611. The maximum atomic E-state index is 12.5. The van der Waals surface area contributed by atoms with Gasteiger partial charge in [0.15, 0.2) is 0 Å². The van der Waals surface area contributed by atoms with Gasteiger partial charge in [0.2, 0.25) is 15.9 Å². The van der Waals surface area contributed by atoms with Gasteiger partial charge in [-0.05, 0) is 43.9 Å². The molecule has 0 spiro atoms. The van der Waals surface area contributed by atoms with Crippen molar-refractivity contribution in [1.29, 1.82) is 0 Å². The second-order valence-electron chi connectivity index (χ2n) is 7.06. The van der Waals surface area contributed by atoms with E-state index in [1.807, 2.05) is 6.92 Å². The van der Waals surface area contributed by atoms with Crippen LogP contribution in [0, 0.1) is 5.92 Å². The molecule has 7 heteroatoms. The molecule has 1 fully saturated rings. The lowest BCUT2D eigenvalue weighted by atomic mass is 9.85. The van der Waals surface area contributed by atoms with Crippen LogP contribution >= 0.6 is 0 Å². The Labute approximate surface area is 151 Å². The minimum absolute atomic E-state index is 0.155. The summed E-state index contributed by atoms with van der Waals surface area (Å²) in [5.74, 6) is 0.412. The summed E-state index contributed by atoms with van der Waals surface area (Å²) in [4.78, 5) is 12.6. The van der Waals surface area contributed by atoms with Crippen molar-refractivity contribution in [3.05, 3.63) is 24.3 Å². The van der Waals surface area contributed by atoms with Gasteiger partial charge in [-0.15, -0.1) is 0 Å². The lowest BCUT2D eigenvalue weighted by Crippen LogP contribution is -2.47. The number of amides is 1. The zero-order valence-corrected chi connectivity index (χ0v) is 16.3. The third-order valence-corrected chi connectivity index (χ3v) is 6.66. The lowest BCUT2D eigenvalue weighted by molar-refractivity contribution is -0.118. The van der Waals surface area contributed by atoms with E-state index in [1.165, 1.54) is 45.5 Å². The van der Waals surface area contributed by atoms with E-state index in [4.69, 9.17) is 0 Å². The zero-order valence-electron chi connectivity index (χ0n) is 15.5. The molecule has 0 unspecified atom stereocenters. The Morgan fingerprint density at radius 1 is 1.24 bits per heavy atom. The lowest BCUT2D eigenvalue weighted by Gasteiger charge is -2.31. The van der Waals surface area contributed by atoms with E-state index in [9.17, 15) is 13.2 Å². The Bertz CT molecular complexity index is 703. The van der Waals surface area contributed by atoms with Crippen molar-refractivity contribution >= 4 is 21.6 Å². The number of rotatable bonds is 6. The molecular weight excluding hydrogens is 338 g/mol. The van der Waals surface area contributed by atoms with Crippen molar-refractivity contribution in [2.24, 2.45) is 5.92 Å². The average Bonchev–Trinajstić information content (AvgIpc) is 2.57. The molecule has 1 aromatic rings. The first-order valence-corrected chi connectivity index (χ1v) is 10.3. The molecular formula is C18H29N3O3S. The van der Waals surface area contributed by atoms with Gasteiger partial charge < -0.3 is 10.6 Å². The van der Waals surface area contributed by atoms with Gasteiger partial charge in [-0.25, -0.2) is 12.7 Å². The first-order valence-electron chi connectivity index (χ1n) is 8.81. The molecule has 25 heavy (non-hydrogen) atoms. The number of nitrogens with one attached hydrogen (secondary N) is 2. The van der Waals surface area contributed by atoms with Crippen molar-refractivity contribution in [3.63, 3.8) is 0 Å². The van der Waals surface area contributed by atoms with Gasteiger partial charge in [-0.1, -0.05) is 25.8 Å². The highest BCUT2D eigenvalue weighted by Gasteiger charge is 2.25. The van der Waals surface area contributed by atoms with Gasteiger partial charge in [0.25, 0.3) is 0 Å². The minimum Gasteiger partial charge on any atom is -0.325 e. The number of hydrogen-bond acceptors (Lipinski definition) is 4. The van der Waals surface area contributed by atoms with Gasteiger partial charge in [0.05, 0.1) is 10.9 Å². The molecule has 0 heterocycles. The van der Waals surface area contributed by atoms with Crippen molar-refractivity contribution in [2.75, 3.05) is 19.4 Å². The van der Waals surface area contributed by atoms with E-state index in [0.29, 0.717) is 17.6 Å². The number of hydrogen-bond donors (Lipinski definition) is 2. The van der Waals surface area contributed by atoms with Crippen LogP contribution in [0.5, 0.6) is 0 Å². The molecule has 2 rings (SSSR count). The Kier molecular flexibility index (Phi) is 6.59. The Morgan fingerprint density at radius 2 is 1.92 bits per heavy atom. The van der Waals surface area contributed by atoms with Gasteiger partial charge in [-0.2, -0.15) is 0 Å². The fourth-order valence-corrected chi connectivity index (χ4v) is 4.10. The molecule has 0 aromatic heterocycles. The molecule has 140 valence electrons. The van der Waals surface area contributed by atoms with Crippen LogP contribution in [-0.4, -0.2) is 44.8 Å². The molecule has 1 aromatic carbocycles. The standard InChI is InChI=1S/C18H29N3O3S/c1-13-8-5-6-11-17(13)19-14(2)18(22)20-15-9-7-10-16(12-15)25(23,24)21(3)4/h7,9-10,12-14,17,19H,5-6,8,11H2,1-4H3,(H,20,22)/t13-,14-,17+/m0/s1. The topological polar surface area (TPSA) is 78.5 Å². The summed E-state index contributed by atoms with van der Waals surface area (Å²) < 4.78 is 25.6. The average molecular weight is 368 g/mol. The van der Waals surface area contributed by atoms with Crippen LogP contribution in [0.2, 0.25) is 0 Å². The molecule has 0 bridgehead atoms. The monoisotopic (exact) mass is 367 g/mol. The highest BCUT2D eigenvalue weighted by Crippen LogP contribution is 2.24. The summed E-state index contributed by atoms with van der Waals surface area (Å²) in [5, 5.41) is 6.23. The van der Waals surface area contributed by atoms with Gasteiger partial charge in [0.1, 0.15) is 0 Å². The third-order valence-electron chi connectivity index (χ3n) is 4.85. The number of nitrogens with zero attached hydrogens (tertiary/aromatic N) is 1. The van der Waals surface area contributed by atoms with Crippen molar-refractivity contribution in [2.45, 2.75) is 56.5 Å². The number of anilines is 1. The van der Waals surface area contributed by atoms with Crippen LogP contribution < -0.4 is 10.6 Å². The highest BCUT2D eigenvalue weighted by atomic mass is 32.2. The molecule has 1 aliphatic carbocycles. The quantitative estimate of drug-likeness (QED) is 0.809. The van der Waals surface area contributed by atoms with Crippen LogP contribution in [0.4, 0.5) is 5.69 Å². The largest absolute Gasteiger partial charge is 0.325 e. The van der Waals surface area contributed by atoms with Crippen molar-refractivity contribution in [1.82, 2.24) is 9.62 Å². The number of sulfonamides is 1. The molecule has 3 atom stereocenters. The van der Waals surface area contributed by atoms with Crippen LogP contribution in [0.15, 0.2) is 29.2 Å². The molecule has 1 saturated carbocycles. The summed E-state index contributed by atoms with van der Waals surface area (Å²) in [5.41, 5.74) is 0.485. The second-order valence-corrected chi connectivity index (χ2v) is 9.21. The Morgan fingerprint density at radius 3 is 2.56 bits per heavy atom. The second kappa shape index (κ2) is 8.29. The fourth-order valence-electron chi connectivity index (χ4n) is 3.16. The van der Waals surface area contributed by atoms with E-state index in [0.717, 1.165) is 10.7 Å². The van der Waals surface area contributed by atoms with Crippen LogP contribution in [0.3, 0.4) is 0 Å². The van der Waals surface area contributed by atoms with Gasteiger partial charge in [-0.3, -0.25) is 4.79 Å². The van der Waals surface area contributed by atoms with E-state index in [2.05, 4.69) is 17.6 Å². The predicted molar refractivity (Wildman–Crippen MR) is 100.0 cm³/mol. The molecule has 2 N–H and O–H groups in total. The zero-order chi connectivity index (χ0) is 18.6. The van der Waals surface area contributed by atoms with Crippen LogP contribution in [-0.2, 0) is 14.8 Å². The molecule has 6 nitrogen and oxygen atoms in total. The van der Waals surface area contributed by atoms with E-state index in [1.54, 1.807) is 12.1 Å². The number of carbonyl (C=O) groups excluding carboxylic acids is 1. The molecule has 1 amide bonds.